The molecule has 2 atom stereocenters. The molecule has 122 valence electrons. The van der Waals surface area contributed by atoms with Crippen LogP contribution in [0.4, 0.5) is 0 Å². The molecule has 5 nitrogen and oxygen atoms in total. The number of hydrogen-bond donors (Lipinski definition) is 1. The van der Waals surface area contributed by atoms with Gasteiger partial charge in [-0.05, 0) is 47.3 Å². The normalized spacial score (nSPS) is 16.0. The predicted molar refractivity (Wildman–Crippen MR) is 87.9 cm³/mol. The summed E-state index contributed by atoms with van der Waals surface area (Å²) >= 11 is 0. The number of methoxy groups -OCH3 is 1. The zero-order valence-electron chi connectivity index (χ0n) is 14.7. The number of nitrogens with zero attached hydrogens (tertiary/aromatic N) is 3. The number of rotatable bonds is 9. The Kier molecular flexibility index (Phi) is 6.68. The first-order chi connectivity index (χ1) is 9.96. The van der Waals surface area contributed by atoms with E-state index in [9.17, 15) is 0 Å². The third kappa shape index (κ3) is 3.58. The molecule has 0 aliphatic rings. The van der Waals surface area contributed by atoms with Crippen molar-refractivity contribution in [3.05, 3.63) is 11.9 Å². The predicted octanol–water partition coefficient (Wildman–Crippen LogP) is 2.68. The van der Waals surface area contributed by atoms with Crippen LogP contribution < -0.4 is 10.1 Å². The zero-order chi connectivity index (χ0) is 16.0. The average molecular weight is 296 g/mol. The highest BCUT2D eigenvalue weighted by atomic mass is 16.5. The zero-order valence-corrected chi connectivity index (χ0v) is 14.7. The van der Waals surface area contributed by atoms with Crippen LogP contribution in [-0.2, 0) is 6.54 Å². The second kappa shape index (κ2) is 7.80. The average Bonchev–Trinajstić information content (AvgIpc) is 2.89. The number of nitrogens with one attached hydrogen (secondary N) is 1. The number of ether oxygens (including phenoxy) is 1. The van der Waals surface area contributed by atoms with E-state index in [0.29, 0.717) is 0 Å². The van der Waals surface area contributed by atoms with E-state index < -0.39 is 0 Å². The second-order valence-corrected chi connectivity index (χ2v) is 5.91. The Morgan fingerprint density at radius 3 is 2.48 bits per heavy atom. The smallest absolute Gasteiger partial charge is 0.161 e. The van der Waals surface area contributed by atoms with Crippen molar-refractivity contribution in [3.8, 4) is 5.75 Å². The molecule has 1 aromatic heterocycles. The first-order valence-corrected chi connectivity index (χ1v) is 7.96. The van der Waals surface area contributed by atoms with E-state index in [2.05, 4.69) is 57.1 Å². The molecule has 0 radical (unpaired) electrons. The molecule has 2 unspecified atom stereocenters. The van der Waals surface area contributed by atoms with E-state index in [1.54, 1.807) is 7.11 Å². The number of hydrogen-bond acceptors (Lipinski definition) is 4. The van der Waals surface area contributed by atoms with Gasteiger partial charge in [0.15, 0.2) is 5.75 Å². The van der Waals surface area contributed by atoms with Gasteiger partial charge in [-0.15, -0.1) is 0 Å². The SMILES string of the molecule is CCCNC(c1c(OC)cnn1CC)C(C)(CC)N(C)C. The maximum atomic E-state index is 5.57. The van der Waals surface area contributed by atoms with E-state index in [4.69, 9.17) is 4.74 Å². The Hall–Kier alpha value is -1.07. The van der Waals surface area contributed by atoms with Crippen molar-refractivity contribution in [3.63, 3.8) is 0 Å². The van der Waals surface area contributed by atoms with Crippen molar-refractivity contribution in [1.82, 2.24) is 20.0 Å². The van der Waals surface area contributed by atoms with Crippen molar-refractivity contribution in [1.29, 1.82) is 0 Å². The van der Waals surface area contributed by atoms with Gasteiger partial charge in [0.05, 0.1) is 25.0 Å². The fourth-order valence-corrected chi connectivity index (χ4v) is 2.76. The van der Waals surface area contributed by atoms with Gasteiger partial charge in [0.1, 0.15) is 0 Å². The molecule has 0 spiro atoms. The number of aryl methyl sites for hydroxylation is 1. The van der Waals surface area contributed by atoms with Crippen molar-refractivity contribution >= 4 is 0 Å². The maximum absolute atomic E-state index is 5.57. The van der Waals surface area contributed by atoms with Gasteiger partial charge in [0, 0.05) is 12.1 Å². The molecule has 0 aliphatic carbocycles. The first kappa shape index (κ1) is 18.0. The molecule has 0 amide bonds. The van der Waals surface area contributed by atoms with Crippen molar-refractivity contribution in [2.24, 2.45) is 0 Å². The summed E-state index contributed by atoms with van der Waals surface area (Å²) in [5, 5.41) is 8.19. The van der Waals surface area contributed by atoms with Crippen LogP contribution in [0.3, 0.4) is 0 Å². The molecule has 0 aromatic carbocycles. The summed E-state index contributed by atoms with van der Waals surface area (Å²) in [4.78, 5) is 2.30. The van der Waals surface area contributed by atoms with Crippen LogP contribution in [0, 0.1) is 0 Å². The quantitative estimate of drug-likeness (QED) is 0.761. The minimum Gasteiger partial charge on any atom is -0.493 e. The Labute approximate surface area is 129 Å². The monoisotopic (exact) mass is 296 g/mol. The highest BCUT2D eigenvalue weighted by molar-refractivity contribution is 5.31. The van der Waals surface area contributed by atoms with E-state index >= 15 is 0 Å². The molecule has 5 heteroatoms. The van der Waals surface area contributed by atoms with Gasteiger partial charge in [-0.2, -0.15) is 5.10 Å². The Morgan fingerprint density at radius 2 is 2.05 bits per heavy atom. The van der Waals surface area contributed by atoms with Crippen LogP contribution in [-0.4, -0.2) is 48.0 Å². The minimum absolute atomic E-state index is 0.00456. The highest BCUT2D eigenvalue weighted by Gasteiger charge is 2.39. The fourth-order valence-electron chi connectivity index (χ4n) is 2.76. The van der Waals surface area contributed by atoms with Crippen LogP contribution in [0.1, 0.15) is 52.3 Å². The molecule has 0 fully saturated rings. The van der Waals surface area contributed by atoms with Gasteiger partial charge in [-0.1, -0.05) is 13.8 Å². The Morgan fingerprint density at radius 1 is 1.38 bits per heavy atom. The van der Waals surface area contributed by atoms with Gasteiger partial charge < -0.3 is 15.0 Å². The van der Waals surface area contributed by atoms with Crippen LogP contribution in [0.15, 0.2) is 6.20 Å². The summed E-state index contributed by atoms with van der Waals surface area (Å²) < 4.78 is 7.61. The van der Waals surface area contributed by atoms with Crippen molar-refractivity contribution < 1.29 is 4.74 Å². The van der Waals surface area contributed by atoms with Gasteiger partial charge >= 0.3 is 0 Å². The minimum atomic E-state index is -0.00456. The summed E-state index contributed by atoms with van der Waals surface area (Å²) in [6.07, 6.45) is 3.97. The molecule has 1 rings (SSSR count). The summed E-state index contributed by atoms with van der Waals surface area (Å²) in [7, 11) is 6.00. The summed E-state index contributed by atoms with van der Waals surface area (Å²) in [5.41, 5.74) is 1.14. The molecule has 0 saturated carbocycles. The van der Waals surface area contributed by atoms with Gasteiger partial charge in [-0.3, -0.25) is 4.68 Å². The molecular formula is C16H32N4O. The molecule has 21 heavy (non-hydrogen) atoms. The van der Waals surface area contributed by atoms with Gasteiger partial charge in [-0.25, -0.2) is 0 Å². The number of likely N-dealkylation sites (N-methyl/N-ethyl adjacent to an activating group) is 1. The Bertz CT molecular complexity index is 408. The molecule has 1 aromatic rings. The lowest BCUT2D eigenvalue weighted by molar-refractivity contribution is 0.106. The number of aromatic nitrogens is 2. The maximum Gasteiger partial charge on any atom is 0.161 e. The lowest BCUT2D eigenvalue weighted by atomic mass is 9.85. The highest BCUT2D eigenvalue weighted by Crippen LogP contribution is 2.37. The third-order valence-corrected chi connectivity index (χ3v) is 4.60. The van der Waals surface area contributed by atoms with E-state index in [0.717, 1.165) is 37.4 Å². The molecule has 0 saturated heterocycles. The lowest BCUT2D eigenvalue weighted by Gasteiger charge is -2.43. The van der Waals surface area contributed by atoms with Crippen molar-refractivity contribution in [2.75, 3.05) is 27.7 Å². The molecule has 1 N–H and O–H groups in total. The second-order valence-electron chi connectivity index (χ2n) is 5.91. The topological polar surface area (TPSA) is 42.3 Å². The van der Waals surface area contributed by atoms with Crippen LogP contribution >= 0.6 is 0 Å². The van der Waals surface area contributed by atoms with E-state index in [-0.39, 0.29) is 11.6 Å². The molecule has 1 heterocycles. The fraction of sp³-hybridized carbons (Fsp3) is 0.812. The van der Waals surface area contributed by atoms with Crippen LogP contribution in [0.5, 0.6) is 5.75 Å². The molecular weight excluding hydrogens is 264 g/mol. The van der Waals surface area contributed by atoms with Crippen LogP contribution in [0.25, 0.3) is 0 Å². The molecule has 0 bridgehead atoms. The third-order valence-electron chi connectivity index (χ3n) is 4.60. The first-order valence-electron chi connectivity index (χ1n) is 7.96. The summed E-state index contributed by atoms with van der Waals surface area (Å²) in [5.74, 6) is 0.868. The van der Waals surface area contributed by atoms with Gasteiger partial charge in [0.25, 0.3) is 0 Å². The largest absolute Gasteiger partial charge is 0.493 e. The standard InChI is InChI=1S/C16H32N4O/c1-8-11-17-15(16(4,9-2)19(5)6)14-13(21-7)12-18-20(14)10-3/h12,15,17H,8-11H2,1-7H3. The Balaban J connectivity index is 3.33. The van der Waals surface area contributed by atoms with Crippen LogP contribution in [0.2, 0.25) is 0 Å². The molecule has 0 aliphatic heterocycles. The summed E-state index contributed by atoms with van der Waals surface area (Å²) in [6.45, 7) is 10.7. The van der Waals surface area contributed by atoms with Gasteiger partial charge in [0.2, 0.25) is 0 Å². The summed E-state index contributed by atoms with van der Waals surface area (Å²) in [6, 6.07) is 0.176. The van der Waals surface area contributed by atoms with E-state index in [1.807, 2.05) is 10.9 Å². The van der Waals surface area contributed by atoms with E-state index in [1.165, 1.54) is 0 Å². The lowest BCUT2D eigenvalue weighted by Crippen LogP contribution is -2.52. The van der Waals surface area contributed by atoms with Crippen molar-refractivity contribution in [2.45, 2.75) is 58.7 Å².